The molecule has 66 valence electrons. The molecular formula is C6H13NO4. The van der Waals surface area contributed by atoms with Crippen molar-refractivity contribution < 1.29 is 19.4 Å². The molecule has 0 saturated heterocycles. The van der Waals surface area contributed by atoms with Crippen molar-refractivity contribution in [3.8, 4) is 0 Å². The lowest BCUT2D eigenvalue weighted by molar-refractivity contribution is -0.138. The predicted molar refractivity (Wildman–Crippen MR) is 39.0 cm³/mol. The Hall–Kier alpha value is -1.10. The lowest BCUT2D eigenvalue weighted by Crippen LogP contribution is -2.01. The summed E-state index contributed by atoms with van der Waals surface area (Å²) in [5, 5.41) is 7.96. The Bertz CT molecular complexity index is 120. The third-order valence-electron chi connectivity index (χ3n) is 0.520. The Labute approximate surface area is 65.1 Å². The molecule has 0 aromatic heterocycles. The van der Waals surface area contributed by atoms with E-state index in [-0.39, 0.29) is 12.3 Å². The second-order valence-corrected chi connectivity index (χ2v) is 1.75. The molecule has 0 aliphatic carbocycles. The van der Waals surface area contributed by atoms with Crippen molar-refractivity contribution in [2.24, 2.45) is 5.73 Å². The van der Waals surface area contributed by atoms with Gasteiger partial charge in [0.15, 0.2) is 0 Å². The first-order chi connectivity index (χ1) is 5.00. The van der Waals surface area contributed by atoms with E-state index in [1.807, 2.05) is 0 Å². The van der Waals surface area contributed by atoms with E-state index >= 15 is 0 Å². The Morgan fingerprint density at radius 2 is 1.91 bits per heavy atom. The Morgan fingerprint density at radius 1 is 1.55 bits per heavy atom. The topological polar surface area (TPSA) is 89.6 Å². The van der Waals surface area contributed by atoms with Crippen molar-refractivity contribution in [1.29, 1.82) is 0 Å². The molecule has 0 aromatic carbocycles. The van der Waals surface area contributed by atoms with Gasteiger partial charge in [-0.1, -0.05) is 0 Å². The molecule has 0 rings (SSSR count). The summed E-state index contributed by atoms with van der Waals surface area (Å²) < 4.78 is 4.47. The highest BCUT2D eigenvalue weighted by Crippen LogP contribution is 1.76. The smallest absolute Gasteiger partial charge is 0.305 e. The number of carboxylic acid groups (broad SMARTS) is 1. The summed E-state index contributed by atoms with van der Waals surface area (Å²) in [5.74, 6) is -1.15. The molecule has 11 heavy (non-hydrogen) atoms. The van der Waals surface area contributed by atoms with Crippen LogP contribution in [-0.2, 0) is 14.3 Å². The molecule has 0 fully saturated rings. The summed E-state index contributed by atoms with van der Waals surface area (Å²) in [5.41, 5.74) is 4.47. The predicted octanol–water partition coefficient (Wildman–Crippen LogP) is -0.401. The van der Waals surface area contributed by atoms with Crippen LogP contribution in [0.25, 0.3) is 0 Å². The maximum Gasteiger partial charge on any atom is 0.305 e. The van der Waals surface area contributed by atoms with Crippen LogP contribution in [0.3, 0.4) is 0 Å². The number of carbonyl (C=O) groups excluding carboxylic acids is 1. The van der Waals surface area contributed by atoms with E-state index in [9.17, 15) is 9.59 Å². The minimum atomic E-state index is -0.818. The molecule has 0 aromatic rings. The zero-order valence-corrected chi connectivity index (χ0v) is 6.66. The normalized spacial score (nSPS) is 7.82. The van der Waals surface area contributed by atoms with E-state index in [1.54, 1.807) is 0 Å². The Morgan fingerprint density at radius 3 is 2.00 bits per heavy atom. The van der Waals surface area contributed by atoms with E-state index in [1.165, 1.54) is 14.0 Å². The van der Waals surface area contributed by atoms with Crippen LogP contribution >= 0.6 is 0 Å². The fourth-order valence-electron chi connectivity index (χ4n) is 0.189. The van der Waals surface area contributed by atoms with Crippen molar-refractivity contribution in [3.63, 3.8) is 0 Å². The van der Waals surface area contributed by atoms with Crippen LogP contribution in [0.2, 0.25) is 0 Å². The molecule has 0 radical (unpaired) electrons. The Balaban J connectivity index is 0. The number of ether oxygens (including phenoxy) is 1. The molecule has 3 N–H and O–H groups in total. The van der Waals surface area contributed by atoms with E-state index < -0.39 is 5.97 Å². The van der Waals surface area contributed by atoms with Gasteiger partial charge in [-0.25, -0.2) is 0 Å². The molecule has 0 saturated carbocycles. The molecule has 0 unspecified atom stereocenters. The lowest BCUT2D eigenvalue weighted by atomic mass is 10.5. The van der Waals surface area contributed by atoms with Crippen molar-refractivity contribution in [2.45, 2.75) is 13.3 Å². The van der Waals surface area contributed by atoms with Crippen LogP contribution in [0, 0.1) is 0 Å². The van der Waals surface area contributed by atoms with E-state index in [4.69, 9.17) is 5.11 Å². The quantitative estimate of drug-likeness (QED) is 0.592. The van der Waals surface area contributed by atoms with Crippen LogP contribution in [0.15, 0.2) is 0 Å². The summed E-state index contributed by atoms with van der Waals surface area (Å²) in [6, 6.07) is 0. The van der Waals surface area contributed by atoms with Crippen LogP contribution < -0.4 is 5.73 Å². The van der Waals surface area contributed by atoms with Crippen molar-refractivity contribution in [3.05, 3.63) is 0 Å². The number of hydrogen-bond acceptors (Lipinski definition) is 3. The first kappa shape index (κ1) is 12.6. The van der Waals surface area contributed by atoms with Gasteiger partial charge in [-0.15, -0.1) is 0 Å². The number of primary amides is 1. The summed E-state index contributed by atoms with van der Waals surface area (Å²) in [6.45, 7) is 1.61. The molecular weight excluding hydrogens is 150 g/mol. The summed E-state index contributed by atoms with van der Waals surface area (Å²) >= 11 is 0. The highest BCUT2D eigenvalue weighted by Gasteiger charge is 1.91. The van der Waals surface area contributed by atoms with Crippen molar-refractivity contribution in [2.75, 3.05) is 13.7 Å². The number of carbonyl (C=O) groups is 2. The van der Waals surface area contributed by atoms with Crippen molar-refractivity contribution >= 4 is 11.9 Å². The molecule has 0 aliphatic rings. The van der Waals surface area contributed by atoms with Gasteiger partial charge in [0.1, 0.15) is 0 Å². The average molecular weight is 163 g/mol. The maximum atomic E-state index is 9.68. The number of nitrogens with two attached hydrogens (primary N) is 1. The zero-order chi connectivity index (χ0) is 9.28. The summed E-state index contributed by atoms with van der Waals surface area (Å²) in [4.78, 5) is 18.9. The number of methoxy groups -OCH3 is 1. The number of carboxylic acids is 1. The minimum absolute atomic E-state index is 0.0938. The van der Waals surface area contributed by atoms with Gasteiger partial charge in [0.25, 0.3) is 0 Å². The molecule has 0 aliphatic heterocycles. The van der Waals surface area contributed by atoms with Gasteiger partial charge in [0, 0.05) is 14.0 Å². The average Bonchev–Trinajstić information content (AvgIpc) is 1.82. The molecule has 5 nitrogen and oxygen atoms in total. The van der Waals surface area contributed by atoms with Gasteiger partial charge in [-0.05, 0) is 0 Å². The lowest BCUT2D eigenvalue weighted by Gasteiger charge is -1.88. The minimum Gasteiger partial charge on any atom is -0.481 e. The largest absolute Gasteiger partial charge is 0.481 e. The van der Waals surface area contributed by atoms with Crippen LogP contribution in [0.5, 0.6) is 0 Å². The number of aliphatic carboxylic acids is 1. The van der Waals surface area contributed by atoms with Gasteiger partial charge < -0.3 is 15.6 Å². The standard InChI is InChI=1S/C4H8O3.C2H5NO/c1-7-3-2-4(5)6;1-2(3)4/h2-3H2,1H3,(H,5,6);1H3,(H2,3,4). The first-order valence-electron chi connectivity index (χ1n) is 2.97. The molecule has 5 heteroatoms. The van der Waals surface area contributed by atoms with Crippen LogP contribution in [0.1, 0.15) is 13.3 Å². The summed E-state index contributed by atoms with van der Waals surface area (Å²) in [6.07, 6.45) is 0.0938. The monoisotopic (exact) mass is 163 g/mol. The SMILES string of the molecule is CC(N)=O.COCCC(=O)O. The number of rotatable bonds is 3. The fourth-order valence-corrected chi connectivity index (χ4v) is 0.189. The van der Waals surface area contributed by atoms with E-state index in [0.717, 1.165) is 0 Å². The van der Waals surface area contributed by atoms with Gasteiger partial charge in [-0.2, -0.15) is 0 Å². The molecule has 0 atom stereocenters. The third kappa shape index (κ3) is 50.4. The molecule has 0 spiro atoms. The Kier molecular flexibility index (Phi) is 10.2. The van der Waals surface area contributed by atoms with Gasteiger partial charge in [-0.3, -0.25) is 9.59 Å². The molecule has 0 bridgehead atoms. The van der Waals surface area contributed by atoms with Gasteiger partial charge >= 0.3 is 5.97 Å². The highest BCUT2D eigenvalue weighted by atomic mass is 16.5. The second kappa shape index (κ2) is 8.90. The maximum absolute atomic E-state index is 9.68. The highest BCUT2D eigenvalue weighted by molar-refractivity contribution is 5.70. The fraction of sp³-hybridized carbons (Fsp3) is 0.667. The van der Waals surface area contributed by atoms with E-state index in [2.05, 4.69) is 10.5 Å². The van der Waals surface area contributed by atoms with Gasteiger partial charge in [0.05, 0.1) is 13.0 Å². The van der Waals surface area contributed by atoms with Crippen molar-refractivity contribution in [1.82, 2.24) is 0 Å². The van der Waals surface area contributed by atoms with Gasteiger partial charge in [0.2, 0.25) is 5.91 Å². The van der Waals surface area contributed by atoms with E-state index in [0.29, 0.717) is 6.61 Å². The number of hydrogen-bond donors (Lipinski definition) is 2. The summed E-state index contributed by atoms with van der Waals surface area (Å²) in [7, 11) is 1.48. The third-order valence-corrected chi connectivity index (χ3v) is 0.520. The molecule has 1 amide bonds. The zero-order valence-electron chi connectivity index (χ0n) is 6.66. The second-order valence-electron chi connectivity index (χ2n) is 1.75. The van der Waals surface area contributed by atoms with Crippen LogP contribution in [0.4, 0.5) is 0 Å². The van der Waals surface area contributed by atoms with Crippen LogP contribution in [-0.4, -0.2) is 30.7 Å². The first-order valence-corrected chi connectivity index (χ1v) is 2.97. The number of amides is 1. The molecule has 0 heterocycles.